The number of aromatic nitrogens is 1. The number of aliphatic imine (C=N–C) groups is 1. The summed E-state index contributed by atoms with van der Waals surface area (Å²) >= 11 is 1.17. The molecule has 1 aliphatic heterocycles. The molecule has 3 aromatic rings. The van der Waals surface area contributed by atoms with E-state index >= 15 is 0 Å². The number of nitrogens with zero attached hydrogens (tertiary/aromatic N) is 4. The Morgan fingerprint density at radius 1 is 1.00 bits per heavy atom. The topological polar surface area (TPSA) is 83.8 Å². The monoisotopic (exact) mass is 468 g/mol. The van der Waals surface area contributed by atoms with Crippen molar-refractivity contribution in [3.05, 3.63) is 77.5 Å². The van der Waals surface area contributed by atoms with Crippen molar-refractivity contribution in [1.82, 2.24) is 9.88 Å². The molecular weight excluding hydrogens is 442 g/mol. The van der Waals surface area contributed by atoms with Gasteiger partial charge in [0.15, 0.2) is 0 Å². The number of hydrogen-bond acceptors (Lipinski definition) is 6. The summed E-state index contributed by atoms with van der Waals surface area (Å²) in [4.78, 5) is 14.4. The van der Waals surface area contributed by atoms with E-state index in [0.717, 1.165) is 37.8 Å². The van der Waals surface area contributed by atoms with E-state index in [2.05, 4.69) is 51.1 Å². The van der Waals surface area contributed by atoms with Crippen molar-refractivity contribution >= 4 is 29.1 Å². The maximum absolute atomic E-state index is 13.5. The minimum absolute atomic E-state index is 0.247. The zero-order valence-electron chi connectivity index (χ0n) is 18.3. The van der Waals surface area contributed by atoms with Gasteiger partial charge in [0, 0.05) is 53.9 Å². The number of nitrogens with two attached hydrogens (primary N) is 2. The normalized spacial score (nSPS) is 15.1. The fraction of sp³-hybridized carbons (Fsp3) is 0.250. The number of benzene rings is 2. The number of amidine groups is 1. The Labute approximate surface area is 196 Å². The SMILES string of the molecule is CN1CCN(c2ccc(CN=C(N)c3cc(Sc4cc(F)cc(F)c4)cnc3N)cc2)CC1. The lowest BCUT2D eigenvalue weighted by Crippen LogP contribution is -2.44. The maximum atomic E-state index is 13.5. The van der Waals surface area contributed by atoms with Gasteiger partial charge in [-0.1, -0.05) is 23.9 Å². The van der Waals surface area contributed by atoms with Crippen LogP contribution in [0.15, 0.2) is 69.5 Å². The summed E-state index contributed by atoms with van der Waals surface area (Å²) in [5, 5.41) is 0. The fourth-order valence-corrected chi connectivity index (χ4v) is 4.48. The third kappa shape index (κ3) is 6.00. The molecule has 0 aliphatic carbocycles. The molecule has 33 heavy (non-hydrogen) atoms. The zero-order valence-corrected chi connectivity index (χ0v) is 19.2. The number of halogens is 2. The third-order valence-corrected chi connectivity index (χ3v) is 6.41. The second-order valence-electron chi connectivity index (χ2n) is 7.97. The Morgan fingerprint density at radius 2 is 1.67 bits per heavy atom. The van der Waals surface area contributed by atoms with Crippen molar-refractivity contribution in [2.24, 2.45) is 10.7 Å². The second kappa shape index (κ2) is 10.2. The van der Waals surface area contributed by atoms with Crippen LogP contribution < -0.4 is 16.4 Å². The summed E-state index contributed by atoms with van der Waals surface area (Å²) in [7, 11) is 2.14. The highest BCUT2D eigenvalue weighted by molar-refractivity contribution is 7.99. The van der Waals surface area contributed by atoms with Gasteiger partial charge in [0.2, 0.25) is 0 Å². The van der Waals surface area contributed by atoms with Crippen molar-refractivity contribution in [3.8, 4) is 0 Å². The first-order valence-corrected chi connectivity index (χ1v) is 11.4. The van der Waals surface area contributed by atoms with E-state index < -0.39 is 11.6 Å². The second-order valence-corrected chi connectivity index (χ2v) is 9.12. The Balaban J connectivity index is 1.44. The van der Waals surface area contributed by atoms with Gasteiger partial charge in [-0.2, -0.15) is 0 Å². The summed E-state index contributed by atoms with van der Waals surface area (Å²) < 4.78 is 27.0. The lowest BCUT2D eigenvalue weighted by atomic mass is 10.1. The van der Waals surface area contributed by atoms with Gasteiger partial charge in [-0.3, -0.25) is 4.99 Å². The van der Waals surface area contributed by atoms with E-state index in [0.29, 0.717) is 21.9 Å². The van der Waals surface area contributed by atoms with E-state index in [1.165, 1.54) is 35.8 Å². The Hall–Kier alpha value is -3.17. The smallest absolute Gasteiger partial charge is 0.134 e. The number of piperazine rings is 1. The molecule has 0 spiro atoms. The molecule has 1 saturated heterocycles. The van der Waals surface area contributed by atoms with E-state index in [9.17, 15) is 8.78 Å². The molecule has 2 heterocycles. The number of rotatable bonds is 6. The first-order valence-electron chi connectivity index (χ1n) is 10.6. The van der Waals surface area contributed by atoms with Crippen LogP contribution in [0.2, 0.25) is 0 Å². The van der Waals surface area contributed by atoms with Gasteiger partial charge in [0.05, 0.1) is 12.1 Å². The number of likely N-dealkylation sites (N-methyl/N-ethyl adjacent to an activating group) is 1. The molecule has 0 radical (unpaired) electrons. The van der Waals surface area contributed by atoms with Crippen LogP contribution in [0.1, 0.15) is 11.1 Å². The van der Waals surface area contributed by atoms with Crippen LogP contribution in [-0.4, -0.2) is 48.9 Å². The van der Waals surface area contributed by atoms with Crippen molar-refractivity contribution in [2.75, 3.05) is 43.9 Å². The summed E-state index contributed by atoms with van der Waals surface area (Å²) in [5.74, 6) is -0.769. The molecule has 9 heteroatoms. The van der Waals surface area contributed by atoms with Crippen LogP contribution in [0.5, 0.6) is 0 Å². The molecule has 4 N–H and O–H groups in total. The summed E-state index contributed by atoms with van der Waals surface area (Å²) in [6, 6.07) is 13.4. The van der Waals surface area contributed by atoms with Crippen LogP contribution in [0.4, 0.5) is 20.3 Å². The van der Waals surface area contributed by atoms with Crippen molar-refractivity contribution in [1.29, 1.82) is 0 Å². The van der Waals surface area contributed by atoms with Gasteiger partial charge in [0.1, 0.15) is 23.3 Å². The molecule has 2 aromatic carbocycles. The molecule has 1 aliphatic rings. The van der Waals surface area contributed by atoms with Gasteiger partial charge in [0.25, 0.3) is 0 Å². The minimum Gasteiger partial charge on any atom is -0.383 e. The molecule has 4 rings (SSSR count). The zero-order chi connectivity index (χ0) is 23.4. The van der Waals surface area contributed by atoms with Gasteiger partial charge < -0.3 is 21.3 Å². The average molecular weight is 469 g/mol. The lowest BCUT2D eigenvalue weighted by molar-refractivity contribution is 0.313. The molecular formula is C24H26F2N6S. The highest BCUT2D eigenvalue weighted by Crippen LogP contribution is 2.30. The first kappa shape index (κ1) is 23.0. The lowest BCUT2D eigenvalue weighted by Gasteiger charge is -2.34. The van der Waals surface area contributed by atoms with Crippen LogP contribution >= 0.6 is 11.8 Å². The largest absolute Gasteiger partial charge is 0.383 e. The molecule has 0 atom stereocenters. The highest BCUT2D eigenvalue weighted by atomic mass is 32.2. The molecule has 0 bridgehead atoms. The molecule has 0 unspecified atom stereocenters. The molecule has 172 valence electrons. The predicted octanol–water partition coefficient (Wildman–Crippen LogP) is 3.75. The van der Waals surface area contributed by atoms with Crippen molar-refractivity contribution in [3.63, 3.8) is 0 Å². The molecule has 1 fully saturated rings. The van der Waals surface area contributed by atoms with Gasteiger partial charge in [-0.15, -0.1) is 0 Å². The predicted molar refractivity (Wildman–Crippen MR) is 130 cm³/mol. The molecule has 1 aromatic heterocycles. The number of hydrogen-bond donors (Lipinski definition) is 2. The minimum atomic E-state index is -0.638. The van der Waals surface area contributed by atoms with Gasteiger partial charge in [-0.05, 0) is 42.9 Å². The standard InChI is InChI=1S/C24H26F2N6S/c1-31-6-8-32(9-7-31)19-4-2-16(3-5-19)14-29-23(27)22-13-21(15-30-24(22)28)33-20-11-17(25)10-18(26)12-20/h2-5,10-13,15H,6-9,14H2,1H3,(H2,27,29)(H2,28,30). The first-order chi connectivity index (χ1) is 15.9. The van der Waals surface area contributed by atoms with E-state index in [-0.39, 0.29) is 11.7 Å². The van der Waals surface area contributed by atoms with Crippen molar-refractivity contribution < 1.29 is 8.78 Å². The highest BCUT2D eigenvalue weighted by Gasteiger charge is 2.14. The van der Waals surface area contributed by atoms with Gasteiger partial charge >= 0.3 is 0 Å². The molecule has 0 amide bonds. The van der Waals surface area contributed by atoms with Crippen molar-refractivity contribution in [2.45, 2.75) is 16.3 Å². The number of nitrogen functional groups attached to an aromatic ring is 1. The molecule has 6 nitrogen and oxygen atoms in total. The van der Waals surface area contributed by atoms with Crippen LogP contribution in [0.3, 0.4) is 0 Å². The Kier molecular flexibility index (Phi) is 7.10. The molecule has 0 saturated carbocycles. The summed E-state index contributed by atoms with van der Waals surface area (Å²) in [5.41, 5.74) is 14.9. The van der Waals surface area contributed by atoms with E-state index in [4.69, 9.17) is 11.5 Å². The van der Waals surface area contributed by atoms with Crippen LogP contribution in [0.25, 0.3) is 0 Å². The summed E-state index contributed by atoms with van der Waals surface area (Å²) in [6.07, 6.45) is 1.54. The summed E-state index contributed by atoms with van der Waals surface area (Å²) in [6.45, 7) is 4.56. The average Bonchev–Trinajstić information content (AvgIpc) is 2.79. The Bertz CT molecular complexity index is 1120. The fourth-order valence-electron chi connectivity index (χ4n) is 3.58. The Morgan fingerprint density at radius 3 is 2.33 bits per heavy atom. The quantitative estimate of drug-likeness (QED) is 0.424. The van der Waals surface area contributed by atoms with Crippen LogP contribution in [-0.2, 0) is 6.54 Å². The van der Waals surface area contributed by atoms with Crippen LogP contribution in [0, 0.1) is 11.6 Å². The van der Waals surface area contributed by atoms with E-state index in [1.807, 2.05) is 0 Å². The van der Waals surface area contributed by atoms with Gasteiger partial charge in [-0.25, -0.2) is 13.8 Å². The number of pyridine rings is 1. The van der Waals surface area contributed by atoms with E-state index in [1.54, 1.807) is 6.07 Å². The maximum Gasteiger partial charge on any atom is 0.134 e. The number of anilines is 2. The third-order valence-electron chi connectivity index (χ3n) is 5.48.